The van der Waals surface area contributed by atoms with Gasteiger partial charge in [0.05, 0.1) is 12.1 Å². The molecular formula is C26H34FN3O3. The third-order valence-electron chi connectivity index (χ3n) is 6.80. The Kier molecular flexibility index (Phi) is 7.96. The Labute approximate surface area is 195 Å². The molecule has 0 bridgehead atoms. The van der Waals surface area contributed by atoms with Crippen molar-refractivity contribution >= 4 is 5.91 Å². The monoisotopic (exact) mass is 455 g/mol. The Hall–Kier alpha value is -2.48. The Balaban J connectivity index is 1.32. The Bertz CT molecular complexity index is 898. The van der Waals surface area contributed by atoms with Crippen LogP contribution in [0.1, 0.15) is 41.6 Å². The van der Waals surface area contributed by atoms with Crippen molar-refractivity contribution in [1.29, 1.82) is 0 Å². The predicted octanol–water partition coefficient (Wildman–Crippen LogP) is 3.05. The first-order valence-corrected chi connectivity index (χ1v) is 11.9. The second-order valence-electron chi connectivity index (χ2n) is 9.26. The van der Waals surface area contributed by atoms with Crippen LogP contribution >= 0.6 is 0 Å². The van der Waals surface area contributed by atoms with Crippen molar-refractivity contribution in [3.8, 4) is 5.75 Å². The minimum Gasteiger partial charge on any atom is -0.489 e. The molecule has 4 rings (SSSR count). The van der Waals surface area contributed by atoms with Crippen LogP contribution in [0.5, 0.6) is 5.75 Å². The number of rotatable bonds is 6. The number of hydrogen-bond donors (Lipinski definition) is 2. The summed E-state index contributed by atoms with van der Waals surface area (Å²) in [6, 6.07) is 13.4. The summed E-state index contributed by atoms with van der Waals surface area (Å²) in [6.45, 7) is 4.16. The normalized spacial score (nSPS) is 23.1. The van der Waals surface area contributed by atoms with Crippen molar-refractivity contribution in [2.24, 2.45) is 0 Å². The standard InChI is InChI=1S/C26H34FN3O3/c1-29-15-12-22(13-16-29)30-14-2-3-25(31)24(17-30)28-26(32)20-6-10-23(11-7-20)33-18-19-4-8-21(27)9-5-19/h4-11,22,24-25,31H,2-3,12-18H2,1H3,(H,28,32). The van der Waals surface area contributed by atoms with Crippen LogP contribution in [-0.4, -0.2) is 72.2 Å². The second kappa shape index (κ2) is 11.1. The van der Waals surface area contributed by atoms with Crippen molar-refractivity contribution in [1.82, 2.24) is 15.1 Å². The van der Waals surface area contributed by atoms with Crippen molar-refractivity contribution in [3.05, 3.63) is 65.5 Å². The van der Waals surface area contributed by atoms with Gasteiger partial charge in [0.25, 0.3) is 5.91 Å². The van der Waals surface area contributed by atoms with Gasteiger partial charge in [-0.15, -0.1) is 0 Å². The summed E-state index contributed by atoms with van der Waals surface area (Å²) in [5, 5.41) is 13.7. The smallest absolute Gasteiger partial charge is 0.251 e. The van der Waals surface area contributed by atoms with Crippen LogP contribution in [0.2, 0.25) is 0 Å². The second-order valence-corrected chi connectivity index (χ2v) is 9.26. The number of ether oxygens (including phenoxy) is 1. The third kappa shape index (κ3) is 6.53. The van der Waals surface area contributed by atoms with E-state index in [0.717, 1.165) is 44.5 Å². The molecule has 0 aromatic heterocycles. The van der Waals surface area contributed by atoms with E-state index in [-0.39, 0.29) is 17.8 Å². The number of carbonyl (C=O) groups is 1. The molecule has 2 heterocycles. The molecule has 0 aliphatic carbocycles. The molecule has 2 fully saturated rings. The predicted molar refractivity (Wildman–Crippen MR) is 126 cm³/mol. The molecule has 178 valence electrons. The first-order valence-electron chi connectivity index (χ1n) is 11.9. The maximum absolute atomic E-state index is 13.0. The van der Waals surface area contributed by atoms with Crippen molar-refractivity contribution in [3.63, 3.8) is 0 Å². The van der Waals surface area contributed by atoms with Crippen molar-refractivity contribution < 1.29 is 19.0 Å². The van der Waals surface area contributed by atoms with E-state index in [1.54, 1.807) is 36.4 Å². The summed E-state index contributed by atoms with van der Waals surface area (Å²) in [5.41, 5.74) is 1.40. The number of carbonyl (C=O) groups excluding carboxylic acids is 1. The molecular weight excluding hydrogens is 421 g/mol. The summed E-state index contributed by atoms with van der Waals surface area (Å²) < 4.78 is 18.8. The molecule has 1 amide bonds. The molecule has 2 aliphatic rings. The number of benzene rings is 2. The largest absolute Gasteiger partial charge is 0.489 e. The van der Waals surface area contributed by atoms with Gasteiger partial charge in [-0.3, -0.25) is 9.69 Å². The summed E-state index contributed by atoms with van der Waals surface area (Å²) in [6.07, 6.45) is 3.37. The number of hydrogen-bond acceptors (Lipinski definition) is 5. The van der Waals surface area contributed by atoms with Gasteiger partial charge in [0.2, 0.25) is 0 Å². The van der Waals surface area contributed by atoms with Gasteiger partial charge >= 0.3 is 0 Å². The van der Waals surface area contributed by atoms with Crippen LogP contribution < -0.4 is 10.1 Å². The average Bonchev–Trinajstić information content (AvgIpc) is 3.01. The summed E-state index contributed by atoms with van der Waals surface area (Å²) in [4.78, 5) is 17.7. The lowest BCUT2D eigenvalue weighted by molar-refractivity contribution is 0.0723. The van der Waals surface area contributed by atoms with E-state index >= 15 is 0 Å². The van der Waals surface area contributed by atoms with Crippen LogP contribution in [0.25, 0.3) is 0 Å². The molecule has 2 atom stereocenters. The van der Waals surface area contributed by atoms with E-state index in [4.69, 9.17) is 4.74 Å². The molecule has 2 aromatic rings. The Morgan fingerprint density at radius 2 is 1.76 bits per heavy atom. The highest BCUT2D eigenvalue weighted by atomic mass is 19.1. The molecule has 0 spiro atoms. The zero-order valence-corrected chi connectivity index (χ0v) is 19.3. The van der Waals surface area contributed by atoms with Gasteiger partial charge in [0.1, 0.15) is 18.2 Å². The molecule has 2 unspecified atom stereocenters. The third-order valence-corrected chi connectivity index (χ3v) is 6.80. The first kappa shape index (κ1) is 23.7. The molecule has 6 nitrogen and oxygen atoms in total. The maximum Gasteiger partial charge on any atom is 0.251 e. The zero-order valence-electron chi connectivity index (χ0n) is 19.3. The molecule has 0 saturated carbocycles. The summed E-state index contributed by atoms with van der Waals surface area (Å²) in [7, 11) is 2.16. The van der Waals surface area contributed by atoms with E-state index in [1.165, 1.54) is 12.1 Å². The fourth-order valence-corrected chi connectivity index (χ4v) is 4.71. The number of aliphatic hydroxyl groups is 1. The number of amides is 1. The fourth-order valence-electron chi connectivity index (χ4n) is 4.71. The van der Waals surface area contributed by atoms with E-state index in [2.05, 4.69) is 22.2 Å². The topological polar surface area (TPSA) is 65.0 Å². The summed E-state index contributed by atoms with van der Waals surface area (Å²) in [5.74, 6) is 0.176. The van der Waals surface area contributed by atoms with Gasteiger partial charge in [-0.1, -0.05) is 12.1 Å². The highest BCUT2D eigenvalue weighted by molar-refractivity contribution is 5.94. The SMILES string of the molecule is CN1CCC(N2CCCC(O)C(NC(=O)c3ccc(OCc4ccc(F)cc4)cc3)C2)CC1. The van der Waals surface area contributed by atoms with Gasteiger partial charge in [-0.05, 0) is 94.3 Å². The number of likely N-dealkylation sites (tertiary alicyclic amines) is 2. The van der Waals surface area contributed by atoms with Gasteiger partial charge in [0, 0.05) is 18.2 Å². The zero-order chi connectivity index (χ0) is 23.2. The van der Waals surface area contributed by atoms with Gasteiger partial charge in [-0.25, -0.2) is 4.39 Å². The quantitative estimate of drug-likeness (QED) is 0.701. The van der Waals surface area contributed by atoms with Crippen LogP contribution in [-0.2, 0) is 6.61 Å². The Morgan fingerprint density at radius 1 is 1.06 bits per heavy atom. The molecule has 33 heavy (non-hydrogen) atoms. The van der Waals surface area contributed by atoms with Crippen molar-refractivity contribution in [2.45, 2.75) is 50.5 Å². The van der Waals surface area contributed by atoms with E-state index in [1.807, 2.05) is 0 Å². The number of piperidine rings is 1. The van der Waals surface area contributed by atoms with Gasteiger partial charge in [-0.2, -0.15) is 0 Å². The van der Waals surface area contributed by atoms with E-state index < -0.39 is 6.10 Å². The molecule has 2 aliphatic heterocycles. The maximum atomic E-state index is 13.0. The molecule has 7 heteroatoms. The van der Waals surface area contributed by atoms with Gasteiger partial charge in [0.15, 0.2) is 0 Å². The lowest BCUT2D eigenvalue weighted by atomic mass is 10.0. The molecule has 2 aromatic carbocycles. The number of nitrogens with zero attached hydrogens (tertiary/aromatic N) is 2. The summed E-state index contributed by atoms with van der Waals surface area (Å²) >= 11 is 0. The average molecular weight is 456 g/mol. The minimum absolute atomic E-state index is 0.186. The van der Waals surface area contributed by atoms with Crippen LogP contribution in [0.3, 0.4) is 0 Å². The van der Waals surface area contributed by atoms with E-state index in [0.29, 0.717) is 36.9 Å². The molecule has 0 radical (unpaired) electrons. The van der Waals surface area contributed by atoms with Crippen LogP contribution in [0, 0.1) is 5.82 Å². The fraction of sp³-hybridized carbons (Fsp3) is 0.500. The van der Waals surface area contributed by atoms with Crippen LogP contribution in [0.4, 0.5) is 4.39 Å². The lowest BCUT2D eigenvalue weighted by Gasteiger charge is -2.38. The lowest BCUT2D eigenvalue weighted by Crippen LogP contribution is -2.52. The van der Waals surface area contributed by atoms with Crippen LogP contribution in [0.15, 0.2) is 48.5 Å². The highest BCUT2D eigenvalue weighted by Crippen LogP contribution is 2.21. The van der Waals surface area contributed by atoms with Crippen molar-refractivity contribution in [2.75, 3.05) is 33.2 Å². The van der Waals surface area contributed by atoms with E-state index in [9.17, 15) is 14.3 Å². The number of halogens is 1. The minimum atomic E-state index is -0.538. The first-order chi connectivity index (χ1) is 16.0. The number of aliphatic hydroxyl groups excluding tert-OH is 1. The highest BCUT2D eigenvalue weighted by Gasteiger charge is 2.31. The van der Waals surface area contributed by atoms with Gasteiger partial charge < -0.3 is 20.1 Å². The Morgan fingerprint density at radius 3 is 2.45 bits per heavy atom. The molecule has 2 saturated heterocycles. The number of nitrogens with one attached hydrogen (secondary N) is 1. The molecule has 2 N–H and O–H groups in total.